The number of fused-ring (bicyclic) bond motifs is 1. The third kappa shape index (κ3) is 8.16. The van der Waals surface area contributed by atoms with Gasteiger partial charge in [0.15, 0.2) is 0 Å². The Morgan fingerprint density at radius 3 is 2.20 bits per heavy atom. The number of nitrogens with one attached hydrogen (secondary N) is 2. The minimum Gasteiger partial charge on any atom is -0.444 e. The molecule has 4 rings (SSSR count). The Labute approximate surface area is 241 Å². The second kappa shape index (κ2) is 13.3. The van der Waals surface area contributed by atoms with Gasteiger partial charge >= 0.3 is 6.09 Å². The van der Waals surface area contributed by atoms with E-state index in [4.69, 9.17) is 4.74 Å². The van der Waals surface area contributed by atoms with Crippen molar-refractivity contribution in [3.8, 4) is 0 Å². The molecule has 41 heavy (non-hydrogen) atoms. The summed E-state index contributed by atoms with van der Waals surface area (Å²) in [5, 5.41) is 39.3. The fourth-order valence-corrected chi connectivity index (χ4v) is 5.30. The van der Waals surface area contributed by atoms with Gasteiger partial charge in [0, 0.05) is 6.42 Å². The second-order valence-corrected chi connectivity index (χ2v) is 11.7. The smallest absolute Gasteiger partial charge is 0.407 e. The molecule has 3 aromatic carbocycles. The van der Waals surface area contributed by atoms with E-state index in [1.165, 1.54) is 0 Å². The minimum atomic E-state index is -1.24. The molecular formula is C33H40N2O6. The van der Waals surface area contributed by atoms with Crippen molar-refractivity contribution in [3.05, 3.63) is 107 Å². The molecule has 218 valence electrons. The van der Waals surface area contributed by atoms with Crippen LogP contribution in [-0.2, 0) is 22.4 Å². The van der Waals surface area contributed by atoms with Gasteiger partial charge in [-0.3, -0.25) is 4.79 Å². The number of aliphatic hydroxyl groups excluding tert-OH is 3. The number of amides is 2. The van der Waals surface area contributed by atoms with Crippen LogP contribution in [0.4, 0.5) is 4.79 Å². The van der Waals surface area contributed by atoms with Gasteiger partial charge in [-0.25, -0.2) is 4.79 Å². The Kier molecular flexibility index (Phi) is 9.81. The van der Waals surface area contributed by atoms with E-state index >= 15 is 0 Å². The summed E-state index contributed by atoms with van der Waals surface area (Å²) >= 11 is 0. The molecule has 0 spiro atoms. The highest BCUT2D eigenvalue weighted by atomic mass is 16.6. The van der Waals surface area contributed by atoms with Gasteiger partial charge in [0.05, 0.1) is 36.3 Å². The fraction of sp³-hybridized carbons (Fsp3) is 0.394. The minimum absolute atomic E-state index is 0.153. The fourth-order valence-electron chi connectivity index (χ4n) is 5.30. The maximum Gasteiger partial charge on any atom is 0.407 e. The molecule has 0 saturated heterocycles. The molecule has 0 saturated carbocycles. The average molecular weight is 561 g/mol. The van der Waals surface area contributed by atoms with Crippen molar-refractivity contribution in [2.45, 2.75) is 76.0 Å². The summed E-state index contributed by atoms with van der Waals surface area (Å²) in [6.45, 7) is 5.25. The van der Waals surface area contributed by atoms with Gasteiger partial charge in [-0.15, -0.1) is 0 Å². The molecule has 2 amide bonds. The zero-order chi connectivity index (χ0) is 29.6. The number of ether oxygens (including phenoxy) is 1. The van der Waals surface area contributed by atoms with E-state index in [-0.39, 0.29) is 12.8 Å². The molecule has 0 unspecified atom stereocenters. The first-order valence-electron chi connectivity index (χ1n) is 14.0. The normalized spacial score (nSPS) is 19.4. The first-order chi connectivity index (χ1) is 19.5. The highest BCUT2D eigenvalue weighted by Crippen LogP contribution is 2.33. The molecule has 1 aliphatic rings. The largest absolute Gasteiger partial charge is 0.444 e. The van der Waals surface area contributed by atoms with Gasteiger partial charge in [-0.05, 0) is 55.9 Å². The molecule has 0 aromatic heterocycles. The quantitative estimate of drug-likeness (QED) is 0.255. The SMILES string of the molecule is CC(C)(C)OC(=O)N[C@@H](Cc1ccccc1)[C@H](O)C[C@H](C(=O)N[C@H]1c2ccccc2C[C@H]1O)[C@@H](O)c1ccccc1. The number of carbonyl (C=O) groups is 2. The van der Waals surface area contributed by atoms with E-state index in [1.807, 2.05) is 60.7 Å². The van der Waals surface area contributed by atoms with Crippen LogP contribution in [0.1, 0.15) is 61.6 Å². The van der Waals surface area contributed by atoms with E-state index in [0.717, 1.165) is 16.7 Å². The number of carbonyl (C=O) groups excluding carboxylic acids is 2. The molecular weight excluding hydrogens is 520 g/mol. The predicted octanol–water partition coefficient (Wildman–Crippen LogP) is 4.00. The highest BCUT2D eigenvalue weighted by molar-refractivity contribution is 5.80. The summed E-state index contributed by atoms with van der Waals surface area (Å²) in [5.41, 5.74) is 2.44. The van der Waals surface area contributed by atoms with Gasteiger partial charge in [0.25, 0.3) is 0 Å². The van der Waals surface area contributed by atoms with Crippen molar-refractivity contribution in [2.24, 2.45) is 5.92 Å². The topological polar surface area (TPSA) is 128 Å². The monoisotopic (exact) mass is 560 g/mol. The van der Waals surface area contributed by atoms with Crippen molar-refractivity contribution in [2.75, 3.05) is 0 Å². The number of benzene rings is 3. The number of hydrogen-bond acceptors (Lipinski definition) is 6. The molecule has 0 fully saturated rings. The maximum absolute atomic E-state index is 13.8. The van der Waals surface area contributed by atoms with Crippen molar-refractivity contribution in [3.63, 3.8) is 0 Å². The maximum atomic E-state index is 13.8. The third-order valence-electron chi connectivity index (χ3n) is 7.32. The Morgan fingerprint density at radius 1 is 0.927 bits per heavy atom. The zero-order valence-corrected chi connectivity index (χ0v) is 23.7. The lowest BCUT2D eigenvalue weighted by Gasteiger charge is -2.31. The number of rotatable bonds is 10. The molecule has 0 aliphatic heterocycles. The van der Waals surface area contributed by atoms with Crippen LogP contribution in [0.25, 0.3) is 0 Å². The molecule has 0 radical (unpaired) electrons. The molecule has 8 heteroatoms. The van der Waals surface area contributed by atoms with Gasteiger partial charge < -0.3 is 30.7 Å². The Balaban J connectivity index is 1.59. The first kappa shape index (κ1) is 30.2. The third-order valence-corrected chi connectivity index (χ3v) is 7.32. The summed E-state index contributed by atoms with van der Waals surface area (Å²) in [7, 11) is 0. The molecule has 5 N–H and O–H groups in total. The molecule has 8 nitrogen and oxygen atoms in total. The van der Waals surface area contributed by atoms with Crippen molar-refractivity contribution < 1.29 is 29.6 Å². The molecule has 0 bridgehead atoms. The molecule has 0 heterocycles. The first-order valence-corrected chi connectivity index (χ1v) is 14.0. The lowest BCUT2D eigenvalue weighted by Crippen LogP contribution is -2.49. The summed E-state index contributed by atoms with van der Waals surface area (Å²) in [4.78, 5) is 26.5. The van der Waals surface area contributed by atoms with Crippen molar-refractivity contribution in [1.29, 1.82) is 0 Å². The standard InChI is InChI=1S/C33H40N2O6/c1-33(2,3)41-32(40)34-26(18-21-12-6-4-7-13-21)27(36)20-25(30(38)22-14-8-5-9-15-22)31(39)35-29-24-17-11-10-16-23(24)19-28(29)37/h4-17,25-30,36-38H,18-20H2,1-3H3,(H,34,40)(H,35,39)/t25-,26-,27+,28+,29-,30-/m0/s1. The lowest BCUT2D eigenvalue weighted by molar-refractivity contribution is -0.132. The molecule has 3 aromatic rings. The highest BCUT2D eigenvalue weighted by Gasteiger charge is 2.38. The van der Waals surface area contributed by atoms with E-state index in [2.05, 4.69) is 10.6 Å². The summed E-state index contributed by atoms with van der Waals surface area (Å²) in [6.07, 6.45) is -3.40. The van der Waals surface area contributed by atoms with Crippen molar-refractivity contribution in [1.82, 2.24) is 10.6 Å². The van der Waals surface area contributed by atoms with E-state index < -0.39 is 53.9 Å². The van der Waals surface area contributed by atoms with Gasteiger partial charge in [0.1, 0.15) is 5.60 Å². The predicted molar refractivity (Wildman–Crippen MR) is 156 cm³/mol. The van der Waals surface area contributed by atoms with Crippen LogP contribution in [0.3, 0.4) is 0 Å². The van der Waals surface area contributed by atoms with Crippen LogP contribution in [0, 0.1) is 5.92 Å². The Hall–Kier alpha value is -3.72. The number of aliphatic hydroxyl groups is 3. The van der Waals surface area contributed by atoms with Gasteiger partial charge in [-0.2, -0.15) is 0 Å². The number of hydrogen-bond donors (Lipinski definition) is 5. The summed E-state index contributed by atoms with van der Waals surface area (Å²) in [5.74, 6) is -1.58. The van der Waals surface area contributed by atoms with Crippen LogP contribution < -0.4 is 10.6 Å². The number of alkyl carbamates (subject to hydrolysis) is 1. The molecule has 1 aliphatic carbocycles. The van der Waals surface area contributed by atoms with E-state index in [9.17, 15) is 24.9 Å². The molecule has 6 atom stereocenters. The summed E-state index contributed by atoms with van der Waals surface area (Å²) in [6, 6.07) is 24.3. The summed E-state index contributed by atoms with van der Waals surface area (Å²) < 4.78 is 5.44. The Bertz CT molecular complexity index is 1290. The Morgan fingerprint density at radius 2 is 1.54 bits per heavy atom. The second-order valence-electron chi connectivity index (χ2n) is 11.7. The van der Waals surface area contributed by atoms with Crippen LogP contribution in [0.2, 0.25) is 0 Å². The van der Waals surface area contributed by atoms with Gasteiger partial charge in [-0.1, -0.05) is 84.9 Å². The van der Waals surface area contributed by atoms with Crippen LogP contribution in [0.15, 0.2) is 84.9 Å². The lowest BCUT2D eigenvalue weighted by atomic mass is 9.86. The van der Waals surface area contributed by atoms with Gasteiger partial charge in [0.2, 0.25) is 5.91 Å². The average Bonchev–Trinajstić information content (AvgIpc) is 3.25. The van der Waals surface area contributed by atoms with E-state index in [0.29, 0.717) is 12.0 Å². The van der Waals surface area contributed by atoms with Crippen molar-refractivity contribution >= 4 is 12.0 Å². The van der Waals surface area contributed by atoms with Crippen LogP contribution in [-0.4, -0.2) is 51.2 Å². The zero-order valence-electron chi connectivity index (χ0n) is 23.7. The van der Waals surface area contributed by atoms with Crippen LogP contribution >= 0.6 is 0 Å². The van der Waals surface area contributed by atoms with Crippen LogP contribution in [0.5, 0.6) is 0 Å². The van der Waals surface area contributed by atoms with E-state index in [1.54, 1.807) is 45.0 Å².